The van der Waals surface area contributed by atoms with E-state index in [1.807, 2.05) is 19.9 Å². The van der Waals surface area contributed by atoms with Crippen molar-refractivity contribution in [3.8, 4) is 5.69 Å². The number of carbonyl (C=O) groups is 1. The van der Waals surface area contributed by atoms with Crippen LogP contribution >= 0.6 is 0 Å². The number of anilines is 2. The molecular formula is C18H20N8O. The van der Waals surface area contributed by atoms with Crippen LogP contribution in [-0.4, -0.2) is 49.2 Å². The van der Waals surface area contributed by atoms with Crippen molar-refractivity contribution >= 4 is 17.5 Å². The number of hydrogen-bond acceptors (Lipinski definition) is 7. The van der Waals surface area contributed by atoms with Crippen LogP contribution in [0.3, 0.4) is 0 Å². The predicted molar refractivity (Wildman–Crippen MR) is 100 cm³/mol. The van der Waals surface area contributed by atoms with E-state index < -0.39 is 0 Å². The van der Waals surface area contributed by atoms with E-state index in [0.717, 1.165) is 43.3 Å². The highest BCUT2D eigenvalue weighted by Crippen LogP contribution is 2.23. The Hall–Kier alpha value is -3.36. The molecule has 1 saturated heterocycles. The molecule has 1 amide bonds. The van der Waals surface area contributed by atoms with Crippen molar-refractivity contribution in [3.05, 3.63) is 47.5 Å². The summed E-state index contributed by atoms with van der Waals surface area (Å²) in [6.45, 7) is 5.74. The third-order valence-electron chi connectivity index (χ3n) is 4.61. The minimum atomic E-state index is -0.228. The summed E-state index contributed by atoms with van der Waals surface area (Å²) in [6.07, 6.45) is 3.81. The van der Waals surface area contributed by atoms with E-state index in [1.165, 1.54) is 11.0 Å². The van der Waals surface area contributed by atoms with Gasteiger partial charge >= 0.3 is 0 Å². The van der Waals surface area contributed by atoms with Gasteiger partial charge in [0.15, 0.2) is 0 Å². The highest BCUT2D eigenvalue weighted by atomic mass is 16.1. The van der Waals surface area contributed by atoms with E-state index in [0.29, 0.717) is 16.9 Å². The molecule has 27 heavy (non-hydrogen) atoms. The third kappa shape index (κ3) is 3.48. The number of aromatic nitrogens is 6. The van der Waals surface area contributed by atoms with Crippen molar-refractivity contribution in [3.63, 3.8) is 0 Å². The largest absolute Gasteiger partial charge is 0.341 e. The molecule has 0 spiro atoms. The molecule has 1 fully saturated rings. The van der Waals surface area contributed by atoms with Crippen molar-refractivity contribution < 1.29 is 4.79 Å². The van der Waals surface area contributed by atoms with Gasteiger partial charge in [-0.25, -0.2) is 14.6 Å². The summed E-state index contributed by atoms with van der Waals surface area (Å²) in [5, 5.41) is 14.0. The first-order valence-corrected chi connectivity index (χ1v) is 8.87. The molecule has 3 aromatic rings. The molecule has 1 aliphatic heterocycles. The molecule has 0 saturated carbocycles. The molecule has 3 heterocycles. The number of hydrogen-bond donors (Lipinski definition) is 1. The lowest BCUT2D eigenvalue weighted by atomic mass is 10.1. The standard InChI is InChI=1S/C18H20N8O/c1-12-16(13(2)21-18(20-12)25-8-3-4-9-25)22-17(27)14-6-5-7-15(10-14)26-11-19-23-24-26/h5-7,10-11H,3-4,8-9H2,1-2H3,(H,22,27). The molecule has 1 N–H and O–H groups in total. The number of benzene rings is 1. The Labute approximate surface area is 156 Å². The lowest BCUT2D eigenvalue weighted by Crippen LogP contribution is -2.22. The van der Waals surface area contributed by atoms with Crippen LogP contribution in [0.2, 0.25) is 0 Å². The van der Waals surface area contributed by atoms with Crippen LogP contribution in [0.15, 0.2) is 30.6 Å². The zero-order chi connectivity index (χ0) is 18.8. The minimum Gasteiger partial charge on any atom is -0.341 e. The van der Waals surface area contributed by atoms with Gasteiger partial charge in [-0.3, -0.25) is 4.79 Å². The zero-order valence-corrected chi connectivity index (χ0v) is 15.3. The van der Waals surface area contributed by atoms with Crippen molar-refractivity contribution in [2.75, 3.05) is 23.3 Å². The van der Waals surface area contributed by atoms with E-state index in [2.05, 4.69) is 35.7 Å². The first kappa shape index (κ1) is 17.1. The topological polar surface area (TPSA) is 102 Å². The lowest BCUT2D eigenvalue weighted by Gasteiger charge is -2.18. The van der Waals surface area contributed by atoms with E-state index in [1.54, 1.807) is 18.2 Å². The van der Waals surface area contributed by atoms with Gasteiger partial charge in [0, 0.05) is 18.7 Å². The fourth-order valence-electron chi connectivity index (χ4n) is 3.19. The fraction of sp³-hybridized carbons (Fsp3) is 0.333. The second-order valence-corrected chi connectivity index (χ2v) is 6.52. The van der Waals surface area contributed by atoms with Gasteiger partial charge in [-0.05, 0) is 55.3 Å². The average molecular weight is 364 g/mol. The Balaban J connectivity index is 1.57. The smallest absolute Gasteiger partial charge is 0.255 e. The number of tetrazole rings is 1. The third-order valence-corrected chi connectivity index (χ3v) is 4.61. The van der Waals surface area contributed by atoms with Crippen molar-refractivity contribution in [2.24, 2.45) is 0 Å². The normalized spacial score (nSPS) is 13.8. The Morgan fingerprint density at radius 3 is 2.52 bits per heavy atom. The van der Waals surface area contributed by atoms with Crippen LogP contribution in [0, 0.1) is 13.8 Å². The first-order valence-electron chi connectivity index (χ1n) is 8.87. The van der Waals surface area contributed by atoms with E-state index in [-0.39, 0.29) is 5.91 Å². The van der Waals surface area contributed by atoms with Gasteiger partial charge in [0.1, 0.15) is 6.33 Å². The molecule has 0 radical (unpaired) electrons. The molecule has 4 rings (SSSR count). The van der Waals surface area contributed by atoms with Gasteiger partial charge < -0.3 is 10.2 Å². The maximum atomic E-state index is 12.7. The SMILES string of the molecule is Cc1nc(N2CCCC2)nc(C)c1NC(=O)c1cccc(-n2cnnn2)c1. The van der Waals surface area contributed by atoms with E-state index in [9.17, 15) is 4.79 Å². The number of rotatable bonds is 4. The molecule has 0 bridgehead atoms. The molecule has 1 aromatic carbocycles. The lowest BCUT2D eigenvalue weighted by molar-refractivity contribution is 0.102. The Morgan fingerprint density at radius 2 is 1.85 bits per heavy atom. The molecule has 0 aliphatic carbocycles. The van der Waals surface area contributed by atoms with Crippen molar-refractivity contribution in [2.45, 2.75) is 26.7 Å². The number of aryl methyl sites for hydroxylation is 2. The zero-order valence-electron chi connectivity index (χ0n) is 15.3. The molecule has 138 valence electrons. The Morgan fingerprint density at radius 1 is 1.11 bits per heavy atom. The van der Waals surface area contributed by atoms with Crippen LogP contribution in [0.4, 0.5) is 11.6 Å². The summed E-state index contributed by atoms with van der Waals surface area (Å²) in [7, 11) is 0. The van der Waals surface area contributed by atoms with Crippen LogP contribution in [-0.2, 0) is 0 Å². The number of nitrogens with one attached hydrogen (secondary N) is 1. The Bertz CT molecular complexity index is 940. The summed E-state index contributed by atoms with van der Waals surface area (Å²) < 4.78 is 1.50. The number of nitrogens with zero attached hydrogens (tertiary/aromatic N) is 7. The molecule has 2 aromatic heterocycles. The van der Waals surface area contributed by atoms with E-state index in [4.69, 9.17) is 0 Å². The van der Waals surface area contributed by atoms with Crippen LogP contribution in [0.1, 0.15) is 34.6 Å². The minimum absolute atomic E-state index is 0.228. The number of carbonyl (C=O) groups excluding carboxylic acids is 1. The van der Waals surface area contributed by atoms with Gasteiger partial charge in [0.25, 0.3) is 5.91 Å². The molecule has 1 aliphatic rings. The summed E-state index contributed by atoms with van der Waals surface area (Å²) >= 11 is 0. The van der Waals surface area contributed by atoms with Gasteiger partial charge in [0.2, 0.25) is 5.95 Å². The quantitative estimate of drug-likeness (QED) is 0.754. The van der Waals surface area contributed by atoms with Gasteiger partial charge in [0.05, 0.1) is 22.8 Å². The van der Waals surface area contributed by atoms with Gasteiger partial charge in [-0.1, -0.05) is 6.07 Å². The molecule has 0 atom stereocenters. The summed E-state index contributed by atoms with van der Waals surface area (Å²) in [6, 6.07) is 7.10. The molecule has 0 unspecified atom stereocenters. The highest BCUT2D eigenvalue weighted by Gasteiger charge is 2.19. The van der Waals surface area contributed by atoms with Crippen LogP contribution < -0.4 is 10.2 Å². The van der Waals surface area contributed by atoms with Crippen LogP contribution in [0.5, 0.6) is 0 Å². The summed E-state index contributed by atoms with van der Waals surface area (Å²) in [5.41, 5.74) is 3.38. The second-order valence-electron chi connectivity index (χ2n) is 6.52. The highest BCUT2D eigenvalue weighted by molar-refractivity contribution is 6.05. The predicted octanol–water partition coefficient (Wildman–Crippen LogP) is 1.92. The van der Waals surface area contributed by atoms with Crippen LogP contribution in [0.25, 0.3) is 5.69 Å². The Kier molecular flexibility index (Phi) is 4.49. The molecular weight excluding hydrogens is 344 g/mol. The molecule has 9 nitrogen and oxygen atoms in total. The number of amides is 1. The van der Waals surface area contributed by atoms with Crippen molar-refractivity contribution in [1.82, 2.24) is 30.2 Å². The average Bonchev–Trinajstić information content (AvgIpc) is 3.38. The van der Waals surface area contributed by atoms with Gasteiger partial charge in [-0.15, -0.1) is 5.10 Å². The van der Waals surface area contributed by atoms with E-state index >= 15 is 0 Å². The summed E-state index contributed by atoms with van der Waals surface area (Å²) in [5.74, 6) is 0.509. The maximum Gasteiger partial charge on any atom is 0.255 e. The summed E-state index contributed by atoms with van der Waals surface area (Å²) in [4.78, 5) is 24.1. The van der Waals surface area contributed by atoms with Gasteiger partial charge in [-0.2, -0.15) is 0 Å². The second kappa shape index (κ2) is 7.10. The fourth-order valence-corrected chi connectivity index (χ4v) is 3.19. The maximum absolute atomic E-state index is 12.7. The monoisotopic (exact) mass is 364 g/mol. The molecule has 9 heteroatoms. The van der Waals surface area contributed by atoms with Crippen molar-refractivity contribution in [1.29, 1.82) is 0 Å². The first-order chi connectivity index (χ1) is 13.1.